The second-order valence-corrected chi connectivity index (χ2v) is 3.71. The van der Waals surface area contributed by atoms with Crippen molar-refractivity contribution in [3.8, 4) is 0 Å². The van der Waals surface area contributed by atoms with E-state index in [2.05, 4.69) is 4.98 Å². The summed E-state index contributed by atoms with van der Waals surface area (Å²) in [5.41, 5.74) is 2.66. The van der Waals surface area contributed by atoms with Gasteiger partial charge in [0.15, 0.2) is 5.78 Å². The van der Waals surface area contributed by atoms with Gasteiger partial charge in [0.25, 0.3) is 0 Å². The van der Waals surface area contributed by atoms with Gasteiger partial charge in [0.2, 0.25) is 0 Å². The van der Waals surface area contributed by atoms with Gasteiger partial charge in [0.1, 0.15) is 0 Å². The lowest BCUT2D eigenvalue weighted by Gasteiger charge is -2.00. The quantitative estimate of drug-likeness (QED) is 0.691. The van der Waals surface area contributed by atoms with Gasteiger partial charge in [0, 0.05) is 17.5 Å². The fourth-order valence-electron chi connectivity index (χ4n) is 1.16. The van der Waals surface area contributed by atoms with E-state index < -0.39 is 0 Å². The lowest BCUT2D eigenvalue weighted by Crippen LogP contribution is -2.04. The van der Waals surface area contributed by atoms with Gasteiger partial charge in [-0.3, -0.25) is 9.78 Å². The monoisotopic (exact) mass is 195 g/mol. The standard InChI is InChI=1S/C10H13NOS/c1-3-8(4-2)10(12)5-9-6-11-7-13-9/h3,6-7H,4-5H2,1-2H3. The summed E-state index contributed by atoms with van der Waals surface area (Å²) >= 11 is 1.53. The van der Waals surface area contributed by atoms with Gasteiger partial charge in [-0.1, -0.05) is 13.0 Å². The van der Waals surface area contributed by atoms with Crippen molar-refractivity contribution in [1.82, 2.24) is 4.98 Å². The first-order chi connectivity index (χ1) is 6.27. The number of Topliss-reactive ketones (excluding diaryl/α,β-unsaturated/α-hetero) is 1. The highest BCUT2D eigenvalue weighted by molar-refractivity contribution is 7.09. The van der Waals surface area contributed by atoms with Crippen LogP contribution in [0.1, 0.15) is 25.1 Å². The average molecular weight is 195 g/mol. The van der Waals surface area contributed by atoms with Crippen molar-refractivity contribution in [3.63, 3.8) is 0 Å². The van der Waals surface area contributed by atoms with Crippen LogP contribution in [0.15, 0.2) is 23.4 Å². The van der Waals surface area contributed by atoms with E-state index in [9.17, 15) is 4.79 Å². The Morgan fingerprint density at radius 2 is 2.46 bits per heavy atom. The summed E-state index contributed by atoms with van der Waals surface area (Å²) in [5.74, 6) is 0.217. The Labute approximate surface area is 82.3 Å². The number of nitrogens with zero attached hydrogens (tertiary/aromatic N) is 1. The number of rotatable bonds is 4. The number of hydrogen-bond donors (Lipinski definition) is 0. The lowest BCUT2D eigenvalue weighted by molar-refractivity contribution is -0.115. The highest BCUT2D eigenvalue weighted by Crippen LogP contribution is 2.11. The highest BCUT2D eigenvalue weighted by atomic mass is 32.1. The molecule has 13 heavy (non-hydrogen) atoms. The van der Waals surface area contributed by atoms with Crippen molar-refractivity contribution in [2.45, 2.75) is 26.7 Å². The molecule has 0 saturated carbocycles. The van der Waals surface area contributed by atoms with Gasteiger partial charge in [-0.15, -0.1) is 11.3 Å². The smallest absolute Gasteiger partial charge is 0.163 e. The third kappa shape index (κ3) is 2.77. The third-order valence-electron chi connectivity index (χ3n) is 1.91. The maximum Gasteiger partial charge on any atom is 0.163 e. The SMILES string of the molecule is CC=C(CC)C(=O)Cc1cncs1. The predicted octanol–water partition coefficient (Wildman–Crippen LogP) is 2.61. The van der Waals surface area contributed by atoms with Crippen LogP contribution in [0.3, 0.4) is 0 Å². The first-order valence-corrected chi connectivity index (χ1v) is 5.21. The molecule has 1 aromatic heterocycles. The van der Waals surface area contributed by atoms with Crippen LogP contribution in [0.25, 0.3) is 0 Å². The molecule has 1 aromatic rings. The van der Waals surface area contributed by atoms with E-state index in [1.54, 1.807) is 11.7 Å². The maximum absolute atomic E-state index is 11.6. The molecule has 0 amide bonds. The largest absolute Gasteiger partial charge is 0.294 e. The molecule has 0 aliphatic carbocycles. The Bertz CT molecular complexity index is 301. The summed E-state index contributed by atoms with van der Waals surface area (Å²) in [6, 6.07) is 0. The van der Waals surface area contributed by atoms with E-state index in [1.165, 1.54) is 11.3 Å². The third-order valence-corrected chi connectivity index (χ3v) is 2.69. The molecule has 0 aliphatic heterocycles. The second kappa shape index (κ2) is 4.92. The Kier molecular flexibility index (Phi) is 3.83. The molecule has 3 heteroatoms. The molecular formula is C10H13NOS. The van der Waals surface area contributed by atoms with Crippen molar-refractivity contribution in [2.75, 3.05) is 0 Å². The van der Waals surface area contributed by atoms with Crippen molar-refractivity contribution in [1.29, 1.82) is 0 Å². The molecule has 0 aliphatic rings. The molecule has 0 unspecified atom stereocenters. The van der Waals surface area contributed by atoms with Crippen LogP contribution in [0, 0.1) is 0 Å². The summed E-state index contributed by atoms with van der Waals surface area (Å²) in [6.07, 6.45) is 4.96. The first kappa shape index (κ1) is 10.1. The molecular weight excluding hydrogens is 182 g/mol. The van der Waals surface area contributed by atoms with Crippen LogP contribution in [0.5, 0.6) is 0 Å². The van der Waals surface area contributed by atoms with Crippen molar-refractivity contribution >= 4 is 17.1 Å². The van der Waals surface area contributed by atoms with Crippen LogP contribution in [0.2, 0.25) is 0 Å². The zero-order chi connectivity index (χ0) is 9.68. The van der Waals surface area contributed by atoms with Gasteiger partial charge in [-0.05, 0) is 18.9 Å². The van der Waals surface area contributed by atoms with Crippen LogP contribution < -0.4 is 0 Å². The predicted molar refractivity (Wildman–Crippen MR) is 54.9 cm³/mol. The van der Waals surface area contributed by atoms with E-state index >= 15 is 0 Å². The summed E-state index contributed by atoms with van der Waals surface area (Å²) in [5, 5.41) is 0. The fourth-order valence-corrected chi connectivity index (χ4v) is 1.76. The molecule has 0 N–H and O–H groups in total. The summed E-state index contributed by atoms with van der Waals surface area (Å²) in [6.45, 7) is 3.91. The van der Waals surface area contributed by atoms with E-state index in [0.717, 1.165) is 16.9 Å². The zero-order valence-corrected chi connectivity index (χ0v) is 8.73. The van der Waals surface area contributed by atoms with Crippen LogP contribution in [-0.4, -0.2) is 10.8 Å². The van der Waals surface area contributed by atoms with Gasteiger partial charge < -0.3 is 0 Å². The van der Waals surface area contributed by atoms with Crippen LogP contribution >= 0.6 is 11.3 Å². The van der Waals surface area contributed by atoms with E-state index in [1.807, 2.05) is 19.9 Å². The molecule has 0 atom stereocenters. The van der Waals surface area contributed by atoms with E-state index in [4.69, 9.17) is 0 Å². The van der Waals surface area contributed by atoms with Crippen molar-refractivity contribution < 1.29 is 4.79 Å². The molecule has 0 fully saturated rings. The summed E-state index contributed by atoms with van der Waals surface area (Å²) < 4.78 is 0. The number of carbonyl (C=O) groups excluding carboxylic acids is 1. The zero-order valence-electron chi connectivity index (χ0n) is 7.91. The Balaban J connectivity index is 2.60. The molecule has 0 saturated heterocycles. The van der Waals surface area contributed by atoms with Crippen LogP contribution in [0.4, 0.5) is 0 Å². The van der Waals surface area contributed by atoms with E-state index in [0.29, 0.717) is 6.42 Å². The fraction of sp³-hybridized carbons (Fsp3) is 0.400. The number of ketones is 1. The molecule has 70 valence electrons. The van der Waals surface area contributed by atoms with Gasteiger partial charge in [0.05, 0.1) is 5.51 Å². The Morgan fingerprint density at radius 1 is 1.69 bits per heavy atom. The minimum atomic E-state index is 0.217. The van der Waals surface area contributed by atoms with Crippen molar-refractivity contribution in [2.24, 2.45) is 0 Å². The van der Waals surface area contributed by atoms with Crippen LogP contribution in [-0.2, 0) is 11.2 Å². The molecule has 0 aromatic carbocycles. The number of thiazole rings is 1. The van der Waals surface area contributed by atoms with Crippen molar-refractivity contribution in [3.05, 3.63) is 28.2 Å². The number of aromatic nitrogens is 1. The minimum Gasteiger partial charge on any atom is -0.294 e. The number of carbonyl (C=O) groups is 1. The average Bonchev–Trinajstić information content (AvgIpc) is 2.59. The summed E-state index contributed by atoms with van der Waals surface area (Å²) in [7, 11) is 0. The highest BCUT2D eigenvalue weighted by Gasteiger charge is 2.08. The molecule has 1 rings (SSSR count). The Morgan fingerprint density at radius 3 is 2.92 bits per heavy atom. The summed E-state index contributed by atoms with van der Waals surface area (Å²) in [4.78, 5) is 16.6. The molecule has 2 nitrogen and oxygen atoms in total. The molecule has 0 spiro atoms. The van der Waals surface area contributed by atoms with Gasteiger partial charge in [-0.2, -0.15) is 0 Å². The maximum atomic E-state index is 11.6. The normalized spacial score (nSPS) is 11.7. The number of allylic oxidation sites excluding steroid dienone is 2. The molecule has 1 heterocycles. The Hall–Kier alpha value is -0.960. The first-order valence-electron chi connectivity index (χ1n) is 4.33. The van der Waals surface area contributed by atoms with E-state index in [-0.39, 0.29) is 5.78 Å². The topological polar surface area (TPSA) is 30.0 Å². The second-order valence-electron chi connectivity index (χ2n) is 2.74. The number of hydrogen-bond acceptors (Lipinski definition) is 3. The minimum absolute atomic E-state index is 0.217. The van der Waals surface area contributed by atoms with Gasteiger partial charge in [-0.25, -0.2) is 0 Å². The lowest BCUT2D eigenvalue weighted by atomic mass is 10.1. The molecule has 0 radical (unpaired) electrons. The molecule has 0 bridgehead atoms. The van der Waals surface area contributed by atoms with Gasteiger partial charge >= 0.3 is 0 Å².